The van der Waals surface area contributed by atoms with E-state index in [2.05, 4.69) is 20.0 Å². The second-order valence-corrected chi connectivity index (χ2v) is 8.84. The molecular weight excluding hydrogens is 402 g/mol. The average Bonchev–Trinajstić information content (AvgIpc) is 3.41. The van der Waals surface area contributed by atoms with Crippen molar-refractivity contribution in [2.45, 2.75) is 50.2 Å². The number of hydrogen-bond donors (Lipinski definition) is 2. The second-order valence-electron chi connectivity index (χ2n) is 8.28. The Labute approximate surface area is 172 Å². The number of nitrogens with zero attached hydrogens (tertiary/aromatic N) is 3. The first-order valence-electron chi connectivity index (χ1n) is 10.3. The summed E-state index contributed by atoms with van der Waals surface area (Å²) in [6.07, 6.45) is 4.51. The van der Waals surface area contributed by atoms with Crippen LogP contribution in [-0.4, -0.2) is 93.0 Å². The Morgan fingerprint density at radius 1 is 1.31 bits per heavy atom. The first-order chi connectivity index (χ1) is 14.0. The monoisotopic (exact) mass is 430 g/mol. The maximum absolute atomic E-state index is 12.5. The van der Waals surface area contributed by atoms with Crippen LogP contribution in [0.3, 0.4) is 0 Å². The van der Waals surface area contributed by atoms with Crippen LogP contribution in [0.25, 0.3) is 0 Å². The lowest BCUT2D eigenvalue weighted by molar-refractivity contribution is -0.139. The minimum absolute atomic E-state index is 0.197. The molecule has 0 saturated carbocycles. The average molecular weight is 431 g/mol. The summed E-state index contributed by atoms with van der Waals surface area (Å²) in [5.74, 6) is 0.209. The van der Waals surface area contributed by atoms with Gasteiger partial charge in [0.25, 0.3) is 5.91 Å². The minimum Gasteiger partial charge on any atom is -0.748 e. The fourth-order valence-electron chi connectivity index (χ4n) is 4.85. The van der Waals surface area contributed by atoms with Gasteiger partial charge in [0.15, 0.2) is 0 Å². The molecule has 0 aliphatic carbocycles. The Morgan fingerprint density at radius 2 is 2.10 bits per heavy atom. The first-order valence-corrected chi connectivity index (χ1v) is 11.3. The van der Waals surface area contributed by atoms with Gasteiger partial charge in [0, 0.05) is 19.1 Å². The predicted molar refractivity (Wildman–Crippen MR) is 100 cm³/mol. The van der Waals surface area contributed by atoms with Crippen molar-refractivity contribution in [1.82, 2.24) is 25.7 Å². The van der Waals surface area contributed by atoms with Gasteiger partial charge in [-0.25, -0.2) is 14.5 Å². The number of urea groups is 1. The molecule has 4 fully saturated rings. The van der Waals surface area contributed by atoms with Crippen LogP contribution < -0.4 is 10.8 Å². The van der Waals surface area contributed by atoms with E-state index < -0.39 is 29.3 Å². The van der Waals surface area contributed by atoms with Crippen LogP contribution in [0, 0.1) is 5.92 Å². The predicted octanol–water partition coefficient (Wildman–Crippen LogP) is -0.898. The summed E-state index contributed by atoms with van der Waals surface area (Å²) >= 11 is -2.83. The van der Waals surface area contributed by atoms with E-state index in [0.717, 1.165) is 24.6 Å². The van der Waals surface area contributed by atoms with Gasteiger partial charge in [0.2, 0.25) is 0 Å². The number of amides is 3. The van der Waals surface area contributed by atoms with Crippen molar-refractivity contribution in [3.05, 3.63) is 0 Å². The number of rotatable bonds is 8. The maximum Gasteiger partial charge on any atom is 0.346 e. The number of piperidine rings is 1. The summed E-state index contributed by atoms with van der Waals surface area (Å²) < 4.78 is 26.1. The molecule has 4 rings (SSSR count). The van der Waals surface area contributed by atoms with E-state index in [1.165, 1.54) is 30.8 Å². The van der Waals surface area contributed by atoms with E-state index in [-0.39, 0.29) is 18.6 Å². The van der Waals surface area contributed by atoms with Gasteiger partial charge in [-0.05, 0) is 57.7 Å². The molecule has 11 nitrogen and oxygen atoms in total. The molecule has 5 atom stereocenters. The summed E-state index contributed by atoms with van der Waals surface area (Å²) in [4.78, 5) is 34.1. The third-order valence-electron chi connectivity index (χ3n) is 6.25. The lowest BCUT2D eigenvalue weighted by Gasteiger charge is -2.29. The van der Waals surface area contributed by atoms with Crippen molar-refractivity contribution in [2.24, 2.45) is 5.92 Å². The summed E-state index contributed by atoms with van der Waals surface area (Å²) in [5, 5.41) is 4.28. The lowest BCUT2D eigenvalue weighted by Crippen LogP contribution is -2.50. The van der Waals surface area contributed by atoms with Gasteiger partial charge in [-0.2, -0.15) is 9.35 Å². The lowest BCUT2D eigenvalue weighted by atomic mass is 10.0. The largest absolute Gasteiger partial charge is 0.748 e. The van der Waals surface area contributed by atoms with E-state index in [0.29, 0.717) is 25.4 Å². The Balaban J connectivity index is 1.19. The molecule has 4 aliphatic rings. The van der Waals surface area contributed by atoms with Crippen molar-refractivity contribution in [3.8, 4) is 0 Å². The molecule has 0 spiro atoms. The Bertz CT molecular complexity index is 648. The summed E-state index contributed by atoms with van der Waals surface area (Å²) in [6, 6.07) is -1.46. The Morgan fingerprint density at radius 3 is 2.86 bits per heavy atom. The number of likely N-dealkylation sites (tertiary alicyclic amines) is 1. The van der Waals surface area contributed by atoms with Crippen LogP contribution in [0.1, 0.15) is 32.1 Å². The van der Waals surface area contributed by atoms with Crippen LogP contribution in [-0.2, 0) is 25.3 Å². The fraction of sp³-hybridized carbons (Fsp3) is 0.882. The van der Waals surface area contributed by atoms with Gasteiger partial charge < -0.3 is 19.7 Å². The van der Waals surface area contributed by atoms with Crippen molar-refractivity contribution >= 4 is 23.3 Å². The maximum atomic E-state index is 12.5. The quantitative estimate of drug-likeness (QED) is 0.375. The number of carbonyl (C=O) groups is 2. The molecule has 4 aliphatic heterocycles. The number of fused-ring (bicyclic) bond motifs is 2. The molecule has 0 aromatic carbocycles. The number of nitrogens with one attached hydrogen (secondary N) is 2. The zero-order chi connectivity index (χ0) is 20.4. The number of hydroxylamine groups is 3. The standard InChI is InChI=1S/C17H29N5O6S/c23-16(15-4-3-14-10-21(15)17(24)22(14)28-29(25)26)19-27-11-13-7-12(8-18-13)9-20-5-1-2-6-20/h12-15,18H,1-11H2,(H,19,23)(H,25,26)/p-1/t12-,13-,14?,15?/m1/s1. The van der Waals surface area contributed by atoms with Crippen LogP contribution in [0.2, 0.25) is 0 Å². The molecule has 3 unspecified atom stereocenters. The molecule has 0 aromatic heterocycles. The van der Waals surface area contributed by atoms with Gasteiger partial charge in [-0.1, -0.05) is 0 Å². The molecule has 0 aromatic rings. The molecule has 164 valence electrons. The smallest absolute Gasteiger partial charge is 0.346 e. The molecular formula is C17H28N5O6S-. The minimum atomic E-state index is -2.83. The van der Waals surface area contributed by atoms with Gasteiger partial charge in [-0.15, -0.1) is 0 Å². The zero-order valence-electron chi connectivity index (χ0n) is 16.3. The van der Waals surface area contributed by atoms with Crippen LogP contribution >= 0.6 is 0 Å². The SMILES string of the molecule is O=C(NOC[C@H]1C[C@@H](CN2CCCC2)CN1)C1CCC2CN1C(=O)N2OS(=O)[O-]. The van der Waals surface area contributed by atoms with Gasteiger partial charge in [-0.3, -0.25) is 9.63 Å². The number of carbonyl (C=O) groups excluding carboxylic acids is 2. The molecule has 4 heterocycles. The van der Waals surface area contributed by atoms with E-state index >= 15 is 0 Å². The summed E-state index contributed by atoms with van der Waals surface area (Å²) in [5.41, 5.74) is 2.46. The molecule has 2 N–H and O–H groups in total. The van der Waals surface area contributed by atoms with Gasteiger partial charge >= 0.3 is 6.03 Å². The number of hydrogen-bond acceptors (Lipinski definition) is 8. The fourth-order valence-corrected chi connectivity index (χ4v) is 5.16. The Hall–Kier alpha value is -1.31. The van der Waals surface area contributed by atoms with Gasteiger partial charge in [0.1, 0.15) is 17.4 Å². The molecule has 2 bridgehead atoms. The van der Waals surface area contributed by atoms with Crippen molar-refractivity contribution in [3.63, 3.8) is 0 Å². The Kier molecular flexibility index (Phi) is 6.66. The highest BCUT2D eigenvalue weighted by Gasteiger charge is 2.48. The van der Waals surface area contributed by atoms with Crippen LogP contribution in [0.5, 0.6) is 0 Å². The van der Waals surface area contributed by atoms with Crippen molar-refractivity contribution < 1.29 is 27.5 Å². The zero-order valence-corrected chi connectivity index (χ0v) is 17.1. The van der Waals surface area contributed by atoms with Crippen LogP contribution in [0.15, 0.2) is 0 Å². The molecule has 0 radical (unpaired) electrons. The van der Waals surface area contributed by atoms with E-state index in [1.807, 2.05) is 0 Å². The van der Waals surface area contributed by atoms with Crippen molar-refractivity contribution in [2.75, 3.05) is 39.3 Å². The third kappa shape index (κ3) is 4.89. The molecule has 3 amide bonds. The molecule has 4 saturated heterocycles. The van der Waals surface area contributed by atoms with Crippen molar-refractivity contribution in [1.29, 1.82) is 0 Å². The first kappa shape index (κ1) is 20.9. The van der Waals surface area contributed by atoms with E-state index in [1.54, 1.807) is 0 Å². The second kappa shape index (κ2) is 9.23. The van der Waals surface area contributed by atoms with E-state index in [4.69, 9.17) is 4.84 Å². The molecule has 29 heavy (non-hydrogen) atoms. The topological polar surface area (TPSA) is 127 Å². The van der Waals surface area contributed by atoms with Crippen LogP contribution in [0.4, 0.5) is 4.79 Å². The molecule has 12 heteroatoms. The van der Waals surface area contributed by atoms with Gasteiger partial charge in [0.05, 0.1) is 12.6 Å². The third-order valence-corrected chi connectivity index (χ3v) is 6.53. The normalized spacial score (nSPS) is 33.5. The highest BCUT2D eigenvalue weighted by Crippen LogP contribution is 2.30. The summed E-state index contributed by atoms with van der Waals surface area (Å²) in [6.45, 7) is 5.09. The summed E-state index contributed by atoms with van der Waals surface area (Å²) in [7, 11) is 0. The van der Waals surface area contributed by atoms with E-state index in [9.17, 15) is 18.4 Å². The highest BCUT2D eigenvalue weighted by molar-refractivity contribution is 7.74. The highest BCUT2D eigenvalue weighted by atomic mass is 32.2.